The normalized spacial score (nSPS) is 11.3. The monoisotopic (exact) mass is 387 g/mol. The van der Waals surface area contributed by atoms with E-state index in [-0.39, 0.29) is 37.4 Å². The molecule has 0 saturated carbocycles. The molecule has 0 aliphatic heterocycles. The highest BCUT2D eigenvalue weighted by molar-refractivity contribution is 5.92. The Kier molecular flexibility index (Phi) is 6.40. The molecule has 0 aliphatic rings. The van der Waals surface area contributed by atoms with Crippen molar-refractivity contribution in [3.63, 3.8) is 0 Å². The number of aliphatic hydroxyl groups excluding tert-OH is 1. The summed E-state index contributed by atoms with van der Waals surface area (Å²) in [5.41, 5.74) is -1.85. The molecule has 0 bridgehead atoms. The number of halogens is 3. The van der Waals surface area contributed by atoms with Gasteiger partial charge in [-0.2, -0.15) is 0 Å². The highest BCUT2D eigenvalue weighted by Crippen LogP contribution is 2.26. The third-order valence-electron chi connectivity index (χ3n) is 3.44. The van der Waals surface area contributed by atoms with Crippen LogP contribution in [0.5, 0.6) is 5.75 Å². The smallest absolute Gasteiger partial charge is 0.405 e. The number of para-hydroxylation sites is 1. The molecule has 1 aromatic heterocycles. The lowest BCUT2D eigenvalue weighted by Crippen LogP contribution is -2.38. The quantitative estimate of drug-likeness (QED) is 0.649. The summed E-state index contributed by atoms with van der Waals surface area (Å²) in [5, 5.41) is 11.1. The minimum atomic E-state index is -4.88. The molecule has 0 unspecified atom stereocenters. The Balaban J connectivity index is 2.13. The molecule has 2 aromatic rings. The average molecular weight is 387 g/mol. The van der Waals surface area contributed by atoms with Crippen LogP contribution >= 0.6 is 0 Å². The summed E-state index contributed by atoms with van der Waals surface area (Å²) in [6.07, 6.45) is -4.70. The van der Waals surface area contributed by atoms with Gasteiger partial charge in [0.15, 0.2) is 0 Å². The number of aliphatic hydroxyl groups is 1. The summed E-state index contributed by atoms with van der Waals surface area (Å²) in [6, 6.07) is 6.13. The van der Waals surface area contributed by atoms with Crippen LogP contribution in [0.15, 0.2) is 39.9 Å². The van der Waals surface area contributed by atoms with E-state index in [1.807, 2.05) is 0 Å². The lowest BCUT2D eigenvalue weighted by molar-refractivity contribution is -0.274. The number of amides is 1. The Morgan fingerprint density at radius 3 is 2.59 bits per heavy atom. The van der Waals surface area contributed by atoms with E-state index in [2.05, 4.69) is 15.0 Å². The number of carbonyl (C=O) groups is 1. The van der Waals surface area contributed by atoms with E-state index < -0.39 is 29.3 Å². The van der Waals surface area contributed by atoms with Crippen LogP contribution in [0.4, 0.5) is 13.2 Å². The van der Waals surface area contributed by atoms with Crippen LogP contribution in [0.2, 0.25) is 0 Å². The zero-order valence-electron chi connectivity index (χ0n) is 13.9. The number of rotatable bonds is 7. The standard InChI is InChI=1S/C16H16F3N3O5/c17-16(18,19)27-12-5-2-1-4-10(12)9-20-14(25)11-8-13(24)22(6-3-7-23)15(26)21-11/h1-2,4-5,8,23H,3,6-7,9H2,(H,20,25)(H,21,26). The molecule has 0 atom stereocenters. The number of nitrogens with zero attached hydrogens (tertiary/aromatic N) is 1. The molecule has 3 N–H and O–H groups in total. The van der Waals surface area contributed by atoms with Crippen molar-refractivity contribution in [2.45, 2.75) is 25.9 Å². The van der Waals surface area contributed by atoms with E-state index in [9.17, 15) is 27.6 Å². The van der Waals surface area contributed by atoms with Crippen LogP contribution in [0.1, 0.15) is 22.5 Å². The maximum Gasteiger partial charge on any atom is 0.573 e. The van der Waals surface area contributed by atoms with Gasteiger partial charge < -0.3 is 20.1 Å². The first kappa shape index (κ1) is 20.2. The number of benzene rings is 1. The Morgan fingerprint density at radius 1 is 1.26 bits per heavy atom. The molecule has 146 valence electrons. The second kappa shape index (κ2) is 8.54. The molecule has 27 heavy (non-hydrogen) atoms. The summed E-state index contributed by atoms with van der Waals surface area (Å²) in [6.45, 7) is -0.553. The molecule has 2 rings (SSSR count). The predicted molar refractivity (Wildman–Crippen MR) is 87.3 cm³/mol. The maximum absolute atomic E-state index is 12.4. The largest absolute Gasteiger partial charge is 0.573 e. The number of hydrogen-bond acceptors (Lipinski definition) is 5. The molecule has 11 heteroatoms. The third kappa shape index (κ3) is 5.71. The second-order valence-corrected chi connectivity index (χ2v) is 5.39. The molecule has 0 saturated heterocycles. The molecule has 8 nitrogen and oxygen atoms in total. The van der Waals surface area contributed by atoms with E-state index in [1.165, 1.54) is 18.2 Å². The lowest BCUT2D eigenvalue weighted by atomic mass is 10.2. The zero-order chi connectivity index (χ0) is 20.0. The van der Waals surface area contributed by atoms with E-state index in [0.29, 0.717) is 0 Å². The number of hydrogen-bond donors (Lipinski definition) is 3. The summed E-state index contributed by atoms with van der Waals surface area (Å²) in [4.78, 5) is 38.1. The van der Waals surface area contributed by atoms with Gasteiger partial charge in [-0.15, -0.1) is 13.2 Å². The van der Waals surface area contributed by atoms with Crippen LogP contribution in [0.25, 0.3) is 0 Å². The van der Waals surface area contributed by atoms with Crippen molar-refractivity contribution in [1.29, 1.82) is 0 Å². The Morgan fingerprint density at radius 2 is 1.96 bits per heavy atom. The molecule has 0 fully saturated rings. The first-order valence-corrected chi connectivity index (χ1v) is 7.78. The Bertz CT molecular complexity index is 889. The van der Waals surface area contributed by atoms with Gasteiger partial charge in [-0.05, 0) is 12.5 Å². The van der Waals surface area contributed by atoms with Gasteiger partial charge in [0.2, 0.25) is 0 Å². The van der Waals surface area contributed by atoms with Gasteiger partial charge in [-0.3, -0.25) is 14.2 Å². The van der Waals surface area contributed by atoms with Crippen molar-refractivity contribution in [3.8, 4) is 5.75 Å². The van der Waals surface area contributed by atoms with Gasteiger partial charge in [0.1, 0.15) is 11.4 Å². The Hall–Kier alpha value is -3.08. The average Bonchev–Trinajstić information content (AvgIpc) is 2.58. The fraction of sp³-hybridized carbons (Fsp3) is 0.312. The van der Waals surface area contributed by atoms with Crippen LogP contribution in [-0.2, 0) is 13.1 Å². The van der Waals surface area contributed by atoms with Gasteiger partial charge in [0, 0.05) is 31.3 Å². The number of H-pyrrole nitrogens is 1. The molecule has 1 amide bonds. The second-order valence-electron chi connectivity index (χ2n) is 5.39. The van der Waals surface area contributed by atoms with Crippen molar-refractivity contribution >= 4 is 5.91 Å². The molecule has 0 radical (unpaired) electrons. The van der Waals surface area contributed by atoms with Gasteiger partial charge in [-0.25, -0.2) is 4.79 Å². The highest BCUT2D eigenvalue weighted by Gasteiger charge is 2.32. The zero-order valence-corrected chi connectivity index (χ0v) is 13.9. The minimum Gasteiger partial charge on any atom is -0.405 e. The number of nitrogens with one attached hydrogen (secondary N) is 2. The van der Waals surface area contributed by atoms with Crippen LogP contribution in [0, 0.1) is 0 Å². The summed E-state index contributed by atoms with van der Waals surface area (Å²) in [7, 11) is 0. The topological polar surface area (TPSA) is 113 Å². The first-order chi connectivity index (χ1) is 12.7. The summed E-state index contributed by atoms with van der Waals surface area (Å²) in [5.74, 6) is -1.32. The van der Waals surface area contributed by atoms with Gasteiger partial charge in [0.25, 0.3) is 11.5 Å². The van der Waals surface area contributed by atoms with Gasteiger partial charge in [-0.1, -0.05) is 18.2 Å². The van der Waals surface area contributed by atoms with Crippen molar-refractivity contribution in [2.24, 2.45) is 0 Å². The molecular weight excluding hydrogens is 371 g/mol. The highest BCUT2D eigenvalue weighted by atomic mass is 19.4. The molecule has 0 spiro atoms. The van der Waals surface area contributed by atoms with Gasteiger partial charge in [0.05, 0.1) is 0 Å². The fourth-order valence-electron chi connectivity index (χ4n) is 2.23. The predicted octanol–water partition coefficient (Wildman–Crippen LogP) is 0.748. The van der Waals surface area contributed by atoms with E-state index in [1.54, 1.807) is 0 Å². The number of alkyl halides is 3. The molecule has 1 aromatic carbocycles. The van der Waals surface area contributed by atoms with Crippen LogP contribution in [0.3, 0.4) is 0 Å². The first-order valence-electron chi connectivity index (χ1n) is 7.78. The fourth-order valence-corrected chi connectivity index (χ4v) is 2.23. The van der Waals surface area contributed by atoms with E-state index in [0.717, 1.165) is 16.7 Å². The number of ether oxygens (including phenoxy) is 1. The van der Waals surface area contributed by atoms with Crippen molar-refractivity contribution < 1.29 is 27.8 Å². The SMILES string of the molecule is O=C(NCc1ccccc1OC(F)(F)F)c1cc(=O)n(CCCO)c(=O)[nH]1. The number of carbonyl (C=O) groups excluding carboxylic acids is 1. The molecule has 1 heterocycles. The summed E-state index contributed by atoms with van der Waals surface area (Å²) < 4.78 is 41.9. The summed E-state index contributed by atoms with van der Waals surface area (Å²) >= 11 is 0. The third-order valence-corrected chi connectivity index (χ3v) is 3.44. The van der Waals surface area contributed by atoms with E-state index in [4.69, 9.17) is 5.11 Å². The number of aromatic nitrogens is 2. The van der Waals surface area contributed by atoms with Crippen molar-refractivity contribution in [2.75, 3.05) is 6.61 Å². The maximum atomic E-state index is 12.4. The van der Waals surface area contributed by atoms with Crippen molar-refractivity contribution in [3.05, 3.63) is 62.4 Å². The van der Waals surface area contributed by atoms with Crippen LogP contribution < -0.4 is 21.3 Å². The number of aromatic amines is 1. The van der Waals surface area contributed by atoms with Gasteiger partial charge >= 0.3 is 12.1 Å². The Labute approximate surface area is 150 Å². The minimum absolute atomic E-state index is 0.0191. The lowest BCUT2D eigenvalue weighted by Gasteiger charge is -2.13. The molecule has 0 aliphatic carbocycles. The van der Waals surface area contributed by atoms with Crippen LogP contribution in [-0.4, -0.2) is 33.5 Å². The van der Waals surface area contributed by atoms with E-state index >= 15 is 0 Å². The molecular formula is C16H16F3N3O5. The van der Waals surface area contributed by atoms with Crippen molar-refractivity contribution in [1.82, 2.24) is 14.9 Å².